The number of esters is 4. The number of ether oxygens (including phenoxy) is 6. The van der Waals surface area contributed by atoms with Gasteiger partial charge in [0.1, 0.15) is 45.4 Å². The molecule has 334 valence electrons. The Hall–Kier alpha value is -5.92. The summed E-state index contributed by atoms with van der Waals surface area (Å²) < 4.78 is 36.3. The van der Waals surface area contributed by atoms with Gasteiger partial charge in [0.05, 0.1) is 11.5 Å². The van der Waals surface area contributed by atoms with E-state index in [1.165, 1.54) is 0 Å². The lowest BCUT2D eigenvalue weighted by molar-refractivity contribution is -0.172. The van der Waals surface area contributed by atoms with Crippen LogP contribution in [-0.2, 0) is 57.2 Å². The Morgan fingerprint density at radius 2 is 0.952 bits per heavy atom. The minimum Gasteiger partial charge on any atom is -0.466 e. The van der Waals surface area contributed by atoms with Gasteiger partial charge in [-0.1, -0.05) is 36.4 Å². The van der Waals surface area contributed by atoms with E-state index in [0.29, 0.717) is 22.5 Å². The highest BCUT2D eigenvalue weighted by atomic mass is 16.6. The first kappa shape index (κ1) is 47.1. The van der Waals surface area contributed by atoms with E-state index < -0.39 is 104 Å². The summed E-state index contributed by atoms with van der Waals surface area (Å²) >= 11 is 0. The molecule has 4 atom stereocenters. The van der Waals surface area contributed by atoms with Gasteiger partial charge in [-0.15, -0.1) is 0 Å². The number of Topliss-reactive ketones (excluding diaryl/α,β-unsaturated/α-hetero) is 2. The summed E-state index contributed by atoms with van der Waals surface area (Å²) in [6.45, 7) is 26.7. The summed E-state index contributed by atoms with van der Waals surface area (Å²) in [5.41, 5.74) is -2.00. The van der Waals surface area contributed by atoms with Crippen molar-refractivity contribution in [3.8, 4) is 0 Å². The lowest BCUT2D eigenvalue weighted by Crippen LogP contribution is -2.57. The summed E-state index contributed by atoms with van der Waals surface area (Å²) in [6, 6.07) is 10.9. The number of hydrogen-bond donors (Lipinski definition) is 2. The molecular formula is C48H60N2O12. The molecule has 0 fully saturated rings. The largest absolute Gasteiger partial charge is 0.466 e. The van der Waals surface area contributed by atoms with Crippen molar-refractivity contribution in [2.75, 3.05) is 10.6 Å². The minimum atomic E-state index is -1.90. The van der Waals surface area contributed by atoms with E-state index >= 15 is 9.59 Å². The van der Waals surface area contributed by atoms with Crippen LogP contribution < -0.4 is 10.6 Å². The third-order valence-electron chi connectivity index (χ3n) is 9.79. The van der Waals surface area contributed by atoms with Gasteiger partial charge in [-0.05, 0) is 133 Å². The number of aryl methyl sites for hydroxylation is 4. The maximum atomic E-state index is 15.4. The summed E-state index contributed by atoms with van der Waals surface area (Å²) in [7, 11) is 0. The zero-order valence-electron chi connectivity index (χ0n) is 38.7. The number of nitrogens with one attached hydrogen (secondary N) is 2. The van der Waals surface area contributed by atoms with Crippen LogP contribution in [0.2, 0.25) is 0 Å². The molecule has 1 aliphatic carbocycles. The van der Waals surface area contributed by atoms with E-state index in [1.54, 1.807) is 109 Å². The van der Waals surface area contributed by atoms with Crippen LogP contribution >= 0.6 is 0 Å². The van der Waals surface area contributed by atoms with Crippen molar-refractivity contribution < 1.29 is 57.2 Å². The van der Waals surface area contributed by atoms with Crippen molar-refractivity contribution in [3.05, 3.63) is 92.9 Å². The first-order valence-electron chi connectivity index (χ1n) is 20.6. The number of fused-ring (bicyclic) bond motifs is 1. The van der Waals surface area contributed by atoms with E-state index in [4.69, 9.17) is 28.4 Å². The van der Waals surface area contributed by atoms with Crippen LogP contribution in [-0.4, -0.2) is 64.0 Å². The lowest BCUT2D eigenvalue weighted by atomic mass is 9.68. The number of hydrogen-bond acceptors (Lipinski definition) is 14. The number of carbonyl (C=O) groups excluding carboxylic acids is 6. The van der Waals surface area contributed by atoms with Gasteiger partial charge < -0.3 is 39.1 Å². The van der Waals surface area contributed by atoms with Gasteiger partial charge >= 0.3 is 23.9 Å². The fourth-order valence-electron chi connectivity index (χ4n) is 7.39. The van der Waals surface area contributed by atoms with Gasteiger partial charge in [0.2, 0.25) is 23.3 Å². The van der Waals surface area contributed by atoms with Gasteiger partial charge in [-0.2, -0.15) is 0 Å². The van der Waals surface area contributed by atoms with Crippen LogP contribution in [0.25, 0.3) is 0 Å². The Labute approximate surface area is 363 Å². The maximum absolute atomic E-state index is 15.4. The monoisotopic (exact) mass is 856 g/mol. The number of rotatable bonds is 8. The molecule has 2 aliphatic heterocycles. The Balaban J connectivity index is 1.83. The normalized spacial score (nSPS) is 20.6. The Morgan fingerprint density at radius 1 is 0.548 bits per heavy atom. The summed E-state index contributed by atoms with van der Waals surface area (Å²) in [5, 5.41) is 6.26. The molecule has 0 saturated carbocycles. The third-order valence-corrected chi connectivity index (χ3v) is 9.79. The number of para-hydroxylation sites is 2. The van der Waals surface area contributed by atoms with Crippen LogP contribution in [0.15, 0.2) is 70.6 Å². The molecule has 0 radical (unpaired) electrons. The molecule has 14 heteroatoms. The predicted octanol–water partition coefficient (Wildman–Crippen LogP) is 7.92. The zero-order valence-corrected chi connectivity index (χ0v) is 38.7. The van der Waals surface area contributed by atoms with Crippen LogP contribution in [0.3, 0.4) is 0 Å². The van der Waals surface area contributed by atoms with Gasteiger partial charge in [-0.3, -0.25) is 19.2 Å². The van der Waals surface area contributed by atoms with Crippen molar-refractivity contribution in [1.82, 2.24) is 0 Å². The summed E-state index contributed by atoms with van der Waals surface area (Å²) in [6.07, 6.45) is -1.86. The SMILES string of the molecule is Cc1cccc(C)c1NC1=C(C(=O)OC(C)(C)C)C(C(=O)OC(C)(C)C)C2=C(O1)C(=O)C1C(OC(Nc3c(C)cccc3C)=C(C(=O)OC(C)(C)C)C1C(=O)OC(C)(C)C)C2=O. The molecule has 3 aliphatic rings. The topological polar surface area (TPSA) is 182 Å². The molecular weight excluding hydrogens is 797 g/mol. The fourth-order valence-corrected chi connectivity index (χ4v) is 7.39. The molecule has 0 bridgehead atoms. The zero-order chi connectivity index (χ0) is 46.6. The molecule has 14 nitrogen and oxygen atoms in total. The van der Waals surface area contributed by atoms with Gasteiger partial charge in [0.25, 0.3) is 0 Å². The first-order chi connectivity index (χ1) is 28.4. The standard InChI is InChI=1S/C48H60N2O12/c1-23-19-17-20-24(2)33(23)49-39-31(43(55)61-47(11,12)13)27(41(53)59-45(5,6)7)29-36(52)38-30(35(51)37(29)57-39)28(42(54)60-46(8,9)10)32(44(56)62-48(14,15)16)40(58-38)50-34-25(3)21-18-22-26(34)4/h17-22,27-29,37,49-50H,1-16H3. The lowest BCUT2D eigenvalue weighted by Gasteiger charge is -2.43. The molecule has 0 spiro atoms. The second-order valence-electron chi connectivity index (χ2n) is 19.9. The molecule has 2 heterocycles. The first-order valence-corrected chi connectivity index (χ1v) is 20.6. The second-order valence-corrected chi connectivity index (χ2v) is 19.9. The predicted molar refractivity (Wildman–Crippen MR) is 230 cm³/mol. The minimum absolute atomic E-state index is 0.343. The van der Waals surface area contributed by atoms with Crippen LogP contribution in [0.5, 0.6) is 0 Å². The van der Waals surface area contributed by atoms with Crippen molar-refractivity contribution in [3.63, 3.8) is 0 Å². The van der Waals surface area contributed by atoms with E-state index in [2.05, 4.69) is 10.6 Å². The number of benzene rings is 2. The highest BCUT2D eigenvalue weighted by Gasteiger charge is 2.62. The van der Waals surface area contributed by atoms with Crippen molar-refractivity contribution >= 4 is 46.8 Å². The van der Waals surface area contributed by atoms with Gasteiger partial charge in [-0.25, -0.2) is 9.59 Å². The molecule has 0 saturated heterocycles. The Bertz CT molecular complexity index is 2190. The van der Waals surface area contributed by atoms with E-state index in [1.807, 2.05) is 38.1 Å². The molecule has 0 amide bonds. The molecule has 0 aromatic heterocycles. The molecule has 4 unspecified atom stereocenters. The number of allylic oxidation sites excluding steroid dienone is 1. The average Bonchev–Trinajstić information content (AvgIpc) is 3.09. The Morgan fingerprint density at radius 3 is 1.39 bits per heavy atom. The van der Waals surface area contributed by atoms with Crippen molar-refractivity contribution in [2.24, 2.45) is 17.8 Å². The molecule has 2 aromatic rings. The smallest absolute Gasteiger partial charge is 0.341 e. The average molecular weight is 857 g/mol. The van der Waals surface area contributed by atoms with Crippen LogP contribution in [0, 0.1) is 45.4 Å². The quantitative estimate of drug-likeness (QED) is 0.193. The Kier molecular flexibility index (Phi) is 12.7. The third kappa shape index (κ3) is 10.2. The van der Waals surface area contributed by atoms with Gasteiger partial charge in [0.15, 0.2) is 11.9 Å². The summed E-state index contributed by atoms with van der Waals surface area (Å²) in [5.74, 6) is -13.0. The maximum Gasteiger partial charge on any atom is 0.341 e. The number of anilines is 2. The van der Waals surface area contributed by atoms with Crippen LogP contribution in [0.1, 0.15) is 105 Å². The van der Waals surface area contributed by atoms with Crippen LogP contribution in [0.4, 0.5) is 11.4 Å². The van der Waals surface area contributed by atoms with Crippen molar-refractivity contribution in [1.29, 1.82) is 0 Å². The van der Waals surface area contributed by atoms with E-state index in [0.717, 1.165) is 11.1 Å². The van der Waals surface area contributed by atoms with E-state index in [-0.39, 0.29) is 11.8 Å². The number of carbonyl (C=O) groups is 6. The molecule has 2 aromatic carbocycles. The second kappa shape index (κ2) is 16.7. The summed E-state index contributed by atoms with van der Waals surface area (Å²) in [4.78, 5) is 89.0. The fraction of sp³-hybridized carbons (Fsp3) is 0.500. The molecule has 62 heavy (non-hydrogen) atoms. The van der Waals surface area contributed by atoms with E-state index in [9.17, 15) is 19.2 Å². The highest BCUT2D eigenvalue weighted by Crippen LogP contribution is 2.49. The molecule has 5 rings (SSSR count). The number of ketones is 2. The highest BCUT2D eigenvalue weighted by molar-refractivity contribution is 6.20. The molecule has 2 N–H and O–H groups in total. The van der Waals surface area contributed by atoms with Gasteiger partial charge in [0, 0.05) is 11.4 Å². The van der Waals surface area contributed by atoms with Crippen molar-refractivity contribution in [2.45, 2.75) is 139 Å².